The quantitative estimate of drug-likeness (QED) is 0.522. The zero-order valence-electron chi connectivity index (χ0n) is 9.49. The van der Waals surface area contributed by atoms with Crippen molar-refractivity contribution in [3.63, 3.8) is 0 Å². The predicted octanol–water partition coefficient (Wildman–Crippen LogP) is 2.07. The molecule has 0 aromatic carbocycles. The van der Waals surface area contributed by atoms with E-state index in [9.17, 15) is 9.59 Å². The second-order valence-electron chi connectivity index (χ2n) is 3.10. The Morgan fingerprint density at radius 2 is 1.87 bits per heavy atom. The highest BCUT2D eigenvalue weighted by atomic mass is 16.2. The topological polar surface area (TPSA) is 37.4 Å². The molecule has 0 aromatic heterocycles. The third-order valence-corrected chi connectivity index (χ3v) is 1.71. The number of nitrogens with zero attached hydrogens (tertiary/aromatic N) is 1. The van der Waals surface area contributed by atoms with Crippen molar-refractivity contribution < 1.29 is 9.59 Å². The lowest BCUT2D eigenvalue weighted by atomic mass is 10.2. The summed E-state index contributed by atoms with van der Waals surface area (Å²) in [5.74, 6) is -0.653. The lowest BCUT2D eigenvalue weighted by Crippen LogP contribution is -2.36. The zero-order valence-corrected chi connectivity index (χ0v) is 9.49. The Morgan fingerprint density at radius 1 is 1.27 bits per heavy atom. The summed E-state index contributed by atoms with van der Waals surface area (Å²) in [7, 11) is 0. The van der Waals surface area contributed by atoms with Gasteiger partial charge in [0.25, 0.3) is 11.8 Å². The van der Waals surface area contributed by atoms with E-state index >= 15 is 0 Å². The normalized spacial score (nSPS) is 10.9. The molecule has 0 aliphatic rings. The van der Waals surface area contributed by atoms with Crippen LogP contribution < -0.4 is 0 Å². The highest BCUT2D eigenvalue weighted by molar-refractivity contribution is 6.07. The maximum Gasteiger partial charge on any atom is 0.256 e. The molecule has 2 amide bonds. The van der Waals surface area contributed by atoms with Gasteiger partial charge in [-0.3, -0.25) is 14.5 Å². The van der Waals surface area contributed by atoms with Crippen LogP contribution in [-0.2, 0) is 9.59 Å². The first-order valence-electron chi connectivity index (χ1n) is 4.79. The van der Waals surface area contributed by atoms with Gasteiger partial charge in [0, 0.05) is 12.1 Å². The Balaban J connectivity index is 4.79. The summed E-state index contributed by atoms with van der Waals surface area (Å²) in [4.78, 5) is 24.3. The van der Waals surface area contributed by atoms with Crippen LogP contribution in [-0.4, -0.2) is 23.3 Å². The van der Waals surface area contributed by atoms with Crippen molar-refractivity contribution in [1.82, 2.24) is 4.90 Å². The summed E-state index contributed by atoms with van der Waals surface area (Å²) >= 11 is 0. The van der Waals surface area contributed by atoms with Crippen molar-refractivity contribution in [3.8, 4) is 0 Å². The Bertz CT molecular complexity index is 314. The summed E-state index contributed by atoms with van der Waals surface area (Å²) < 4.78 is 0. The number of hydrogen-bond donors (Lipinski definition) is 0. The number of imide groups is 1. The fourth-order valence-electron chi connectivity index (χ4n) is 0.947. The maximum atomic E-state index is 11.6. The predicted molar refractivity (Wildman–Crippen MR) is 61.2 cm³/mol. The fraction of sp³-hybridized carbons (Fsp3) is 0.333. The van der Waals surface area contributed by atoms with Gasteiger partial charge in [-0.2, -0.15) is 0 Å². The van der Waals surface area contributed by atoms with Gasteiger partial charge in [-0.05, 0) is 26.8 Å². The molecule has 0 radical (unpaired) electrons. The summed E-state index contributed by atoms with van der Waals surface area (Å²) in [5.41, 5.74) is 0.359. The van der Waals surface area contributed by atoms with Crippen molar-refractivity contribution in [3.05, 3.63) is 36.5 Å². The Morgan fingerprint density at radius 3 is 2.27 bits per heavy atom. The molecule has 0 aliphatic heterocycles. The molecule has 0 saturated carbocycles. The van der Waals surface area contributed by atoms with E-state index in [1.807, 2.05) is 6.92 Å². The van der Waals surface area contributed by atoms with Crippen LogP contribution in [0.2, 0.25) is 0 Å². The molecular formula is C12H17NO2. The molecule has 0 spiro atoms. The van der Waals surface area contributed by atoms with Gasteiger partial charge in [0.15, 0.2) is 0 Å². The van der Waals surface area contributed by atoms with Gasteiger partial charge in [-0.1, -0.05) is 24.8 Å². The molecule has 0 N–H and O–H groups in total. The van der Waals surface area contributed by atoms with Crippen LogP contribution in [0, 0.1) is 0 Å². The van der Waals surface area contributed by atoms with E-state index in [0.29, 0.717) is 5.57 Å². The fourth-order valence-corrected chi connectivity index (χ4v) is 0.947. The maximum absolute atomic E-state index is 11.6. The van der Waals surface area contributed by atoms with Crippen LogP contribution >= 0.6 is 0 Å². The molecule has 0 bridgehead atoms. The molecule has 0 saturated heterocycles. The molecule has 82 valence electrons. The first kappa shape index (κ1) is 13.4. The average molecular weight is 207 g/mol. The molecule has 3 heteroatoms. The van der Waals surface area contributed by atoms with E-state index in [1.165, 1.54) is 6.08 Å². The van der Waals surface area contributed by atoms with Crippen molar-refractivity contribution in [2.75, 3.05) is 6.54 Å². The van der Waals surface area contributed by atoms with Gasteiger partial charge in [0.05, 0.1) is 0 Å². The van der Waals surface area contributed by atoms with Gasteiger partial charge >= 0.3 is 0 Å². The van der Waals surface area contributed by atoms with E-state index in [4.69, 9.17) is 0 Å². The Hall–Kier alpha value is -1.64. The number of allylic oxidation sites excluding steroid dienone is 2. The smallest absolute Gasteiger partial charge is 0.256 e. The van der Waals surface area contributed by atoms with E-state index in [-0.39, 0.29) is 18.4 Å². The number of carbonyl (C=O) groups excluding carboxylic acids is 2. The monoisotopic (exact) mass is 207 g/mol. The van der Waals surface area contributed by atoms with Crippen LogP contribution in [0.15, 0.2) is 36.5 Å². The van der Waals surface area contributed by atoms with Crippen LogP contribution in [0.1, 0.15) is 20.8 Å². The van der Waals surface area contributed by atoms with E-state index in [0.717, 1.165) is 4.90 Å². The number of amides is 2. The Kier molecular flexibility index (Phi) is 6.02. The summed E-state index contributed by atoms with van der Waals surface area (Å²) in [6.07, 6.45) is 6.52. The molecule has 3 nitrogen and oxygen atoms in total. The minimum Gasteiger partial charge on any atom is -0.271 e. The SMILES string of the molecule is C=C(C)C(=O)N(CC=CC)C(=O)C=CC. The van der Waals surface area contributed by atoms with Gasteiger partial charge in [-0.25, -0.2) is 0 Å². The molecule has 15 heavy (non-hydrogen) atoms. The molecule has 0 aromatic rings. The van der Waals surface area contributed by atoms with Crippen molar-refractivity contribution in [2.24, 2.45) is 0 Å². The Labute approximate surface area is 90.8 Å². The molecule has 0 fully saturated rings. The lowest BCUT2D eigenvalue weighted by molar-refractivity contribution is -0.138. The highest BCUT2D eigenvalue weighted by Gasteiger charge is 2.17. The van der Waals surface area contributed by atoms with E-state index < -0.39 is 0 Å². The minimum absolute atomic E-state index is 0.283. The summed E-state index contributed by atoms with van der Waals surface area (Å²) in [5, 5.41) is 0. The second kappa shape index (κ2) is 6.76. The molecule has 0 unspecified atom stereocenters. The van der Waals surface area contributed by atoms with Crippen molar-refractivity contribution in [1.29, 1.82) is 0 Å². The average Bonchev–Trinajstić information content (AvgIpc) is 2.18. The molecular weight excluding hydrogens is 190 g/mol. The molecule has 0 rings (SSSR count). The molecule has 0 aliphatic carbocycles. The van der Waals surface area contributed by atoms with Crippen LogP contribution in [0.3, 0.4) is 0 Å². The van der Waals surface area contributed by atoms with Crippen LogP contribution in [0.25, 0.3) is 0 Å². The van der Waals surface area contributed by atoms with Gasteiger partial charge < -0.3 is 0 Å². The summed E-state index contributed by atoms with van der Waals surface area (Å²) in [6.45, 7) is 8.98. The highest BCUT2D eigenvalue weighted by Crippen LogP contribution is 2.01. The first-order chi connectivity index (χ1) is 7.04. The van der Waals surface area contributed by atoms with Gasteiger partial charge in [0.2, 0.25) is 0 Å². The number of carbonyl (C=O) groups is 2. The molecule has 0 atom stereocenters. The van der Waals surface area contributed by atoms with Gasteiger partial charge in [-0.15, -0.1) is 0 Å². The number of hydrogen-bond acceptors (Lipinski definition) is 2. The number of rotatable bonds is 4. The standard InChI is InChI=1S/C12H17NO2/c1-5-7-9-13(11(14)8-6-2)12(15)10(3)4/h5-8H,3,9H2,1-2,4H3. The second-order valence-corrected chi connectivity index (χ2v) is 3.10. The molecule has 0 heterocycles. The van der Waals surface area contributed by atoms with Crippen molar-refractivity contribution >= 4 is 11.8 Å². The lowest BCUT2D eigenvalue weighted by Gasteiger charge is -2.17. The largest absolute Gasteiger partial charge is 0.271 e. The van der Waals surface area contributed by atoms with Crippen molar-refractivity contribution in [2.45, 2.75) is 20.8 Å². The van der Waals surface area contributed by atoms with Crippen LogP contribution in [0.4, 0.5) is 0 Å². The third-order valence-electron chi connectivity index (χ3n) is 1.71. The van der Waals surface area contributed by atoms with E-state index in [2.05, 4.69) is 6.58 Å². The zero-order chi connectivity index (χ0) is 11.8. The third kappa shape index (κ3) is 4.40. The van der Waals surface area contributed by atoms with Gasteiger partial charge in [0.1, 0.15) is 0 Å². The van der Waals surface area contributed by atoms with E-state index in [1.54, 1.807) is 32.1 Å². The minimum atomic E-state index is -0.337. The van der Waals surface area contributed by atoms with Crippen LogP contribution in [0.5, 0.6) is 0 Å². The summed E-state index contributed by atoms with van der Waals surface area (Å²) in [6, 6.07) is 0. The first-order valence-corrected chi connectivity index (χ1v) is 4.79.